The van der Waals surface area contributed by atoms with E-state index in [0.717, 1.165) is 27.8 Å². The van der Waals surface area contributed by atoms with Crippen LogP contribution in [0.15, 0.2) is 97.1 Å². The van der Waals surface area contributed by atoms with Gasteiger partial charge in [0.1, 0.15) is 5.75 Å². The van der Waals surface area contributed by atoms with Gasteiger partial charge in [0.25, 0.3) is 0 Å². The number of hydrogen-bond acceptors (Lipinski definition) is 4. The SMILES string of the molecule is CC(=O)Oc1ccc(-c2ccc(C3=CCC(OC(C)=O)(c4ccccc4)C=C3)cc2)cc1. The van der Waals surface area contributed by atoms with Gasteiger partial charge < -0.3 is 9.47 Å². The van der Waals surface area contributed by atoms with Gasteiger partial charge in [0.15, 0.2) is 5.60 Å². The summed E-state index contributed by atoms with van der Waals surface area (Å²) in [5, 5.41) is 0. The van der Waals surface area contributed by atoms with Crippen LogP contribution in [0.4, 0.5) is 0 Å². The highest BCUT2D eigenvalue weighted by atomic mass is 16.6. The van der Waals surface area contributed by atoms with Gasteiger partial charge in [0.05, 0.1) is 0 Å². The highest BCUT2D eigenvalue weighted by Crippen LogP contribution is 2.38. The Hall–Kier alpha value is -3.92. The van der Waals surface area contributed by atoms with Crippen LogP contribution in [0.1, 0.15) is 31.4 Å². The van der Waals surface area contributed by atoms with Crippen molar-refractivity contribution in [2.75, 3.05) is 0 Å². The molecular formula is C28H24O4. The first-order chi connectivity index (χ1) is 15.4. The number of carbonyl (C=O) groups is 2. The third-order valence-electron chi connectivity index (χ3n) is 5.41. The molecule has 4 rings (SSSR count). The van der Waals surface area contributed by atoms with E-state index < -0.39 is 5.60 Å². The molecule has 0 bridgehead atoms. The normalized spacial score (nSPS) is 17.4. The van der Waals surface area contributed by atoms with Crippen LogP contribution >= 0.6 is 0 Å². The van der Waals surface area contributed by atoms with Crippen molar-refractivity contribution in [2.45, 2.75) is 25.9 Å². The molecule has 0 fully saturated rings. The summed E-state index contributed by atoms with van der Waals surface area (Å²) in [4.78, 5) is 22.9. The largest absolute Gasteiger partial charge is 0.450 e. The zero-order valence-corrected chi connectivity index (χ0v) is 18.1. The zero-order valence-electron chi connectivity index (χ0n) is 18.1. The summed E-state index contributed by atoms with van der Waals surface area (Å²) in [5.41, 5.74) is 4.46. The summed E-state index contributed by atoms with van der Waals surface area (Å²) in [6, 6.07) is 25.5. The predicted octanol–water partition coefficient (Wildman–Crippen LogP) is 6.08. The van der Waals surface area contributed by atoms with Gasteiger partial charge in [-0.3, -0.25) is 9.59 Å². The van der Waals surface area contributed by atoms with E-state index in [1.165, 1.54) is 13.8 Å². The van der Waals surface area contributed by atoms with Crippen molar-refractivity contribution in [3.8, 4) is 16.9 Å². The maximum atomic E-state index is 11.8. The van der Waals surface area contributed by atoms with E-state index >= 15 is 0 Å². The molecule has 0 aromatic heterocycles. The van der Waals surface area contributed by atoms with Crippen molar-refractivity contribution in [1.29, 1.82) is 0 Å². The second-order valence-corrected chi connectivity index (χ2v) is 7.74. The van der Waals surface area contributed by atoms with Crippen molar-refractivity contribution in [2.24, 2.45) is 0 Å². The Bertz CT molecular complexity index is 1170. The number of ether oxygens (including phenoxy) is 2. The number of benzene rings is 3. The standard InChI is InChI=1S/C28H24O4/c1-20(29)31-27-14-12-24(13-15-27)22-8-10-23(11-9-22)25-16-18-28(19-17-25,32-21(2)30)26-6-4-3-5-7-26/h3-18H,19H2,1-2H3. The Kier molecular flexibility index (Phi) is 6.04. The van der Waals surface area contributed by atoms with Crippen molar-refractivity contribution < 1.29 is 19.1 Å². The second kappa shape index (κ2) is 9.06. The van der Waals surface area contributed by atoms with Gasteiger partial charge >= 0.3 is 11.9 Å². The number of carbonyl (C=O) groups excluding carboxylic acids is 2. The van der Waals surface area contributed by atoms with E-state index in [1.807, 2.05) is 54.6 Å². The molecule has 0 amide bonds. The Labute approximate surface area is 187 Å². The minimum atomic E-state index is -0.778. The molecule has 0 heterocycles. The van der Waals surface area contributed by atoms with E-state index in [0.29, 0.717) is 12.2 Å². The molecule has 160 valence electrons. The molecule has 0 N–H and O–H groups in total. The average Bonchev–Trinajstić information content (AvgIpc) is 2.80. The Morgan fingerprint density at radius 1 is 0.750 bits per heavy atom. The molecule has 0 spiro atoms. The summed E-state index contributed by atoms with van der Waals surface area (Å²) in [5.74, 6) is -0.106. The van der Waals surface area contributed by atoms with Gasteiger partial charge in [-0.2, -0.15) is 0 Å². The fourth-order valence-electron chi connectivity index (χ4n) is 3.90. The lowest BCUT2D eigenvalue weighted by Gasteiger charge is -2.32. The summed E-state index contributed by atoms with van der Waals surface area (Å²) in [6.07, 6.45) is 6.67. The van der Waals surface area contributed by atoms with Crippen LogP contribution in [0.5, 0.6) is 5.75 Å². The van der Waals surface area contributed by atoms with Crippen LogP contribution in [0.25, 0.3) is 16.7 Å². The quantitative estimate of drug-likeness (QED) is 0.368. The van der Waals surface area contributed by atoms with E-state index in [4.69, 9.17) is 9.47 Å². The Morgan fingerprint density at radius 2 is 1.34 bits per heavy atom. The minimum absolute atomic E-state index is 0.306. The number of rotatable bonds is 5. The lowest BCUT2D eigenvalue weighted by molar-refractivity contribution is -0.153. The molecule has 3 aromatic rings. The molecule has 0 aliphatic heterocycles. The van der Waals surface area contributed by atoms with Crippen LogP contribution in [-0.4, -0.2) is 11.9 Å². The van der Waals surface area contributed by atoms with Crippen molar-refractivity contribution in [3.05, 3.63) is 108 Å². The summed E-state index contributed by atoms with van der Waals surface area (Å²) >= 11 is 0. The highest BCUT2D eigenvalue weighted by molar-refractivity contribution is 5.78. The van der Waals surface area contributed by atoms with Gasteiger partial charge in [-0.15, -0.1) is 0 Å². The van der Waals surface area contributed by atoms with Crippen LogP contribution in [0, 0.1) is 0 Å². The highest BCUT2D eigenvalue weighted by Gasteiger charge is 2.33. The van der Waals surface area contributed by atoms with Crippen LogP contribution in [-0.2, 0) is 19.9 Å². The molecule has 1 aliphatic carbocycles. The molecule has 1 unspecified atom stereocenters. The lowest BCUT2D eigenvalue weighted by Crippen LogP contribution is -2.30. The molecular weight excluding hydrogens is 400 g/mol. The molecule has 0 saturated heterocycles. The first-order valence-electron chi connectivity index (χ1n) is 10.5. The first kappa shape index (κ1) is 21.3. The second-order valence-electron chi connectivity index (χ2n) is 7.74. The summed E-state index contributed by atoms with van der Waals surface area (Å²) < 4.78 is 10.8. The maximum absolute atomic E-state index is 11.8. The molecule has 4 nitrogen and oxygen atoms in total. The van der Waals surface area contributed by atoms with Crippen LogP contribution in [0.2, 0.25) is 0 Å². The van der Waals surface area contributed by atoms with E-state index in [1.54, 1.807) is 12.1 Å². The van der Waals surface area contributed by atoms with Crippen molar-refractivity contribution in [1.82, 2.24) is 0 Å². The molecule has 1 aliphatic rings. The van der Waals surface area contributed by atoms with Gasteiger partial charge in [-0.05, 0) is 46.0 Å². The summed E-state index contributed by atoms with van der Waals surface area (Å²) in [6.45, 7) is 2.83. The Morgan fingerprint density at radius 3 is 1.88 bits per heavy atom. The van der Waals surface area contributed by atoms with Gasteiger partial charge in [-0.1, -0.05) is 78.9 Å². The average molecular weight is 424 g/mol. The van der Waals surface area contributed by atoms with E-state index in [2.05, 4.69) is 30.3 Å². The van der Waals surface area contributed by atoms with Gasteiger partial charge in [0.2, 0.25) is 0 Å². The van der Waals surface area contributed by atoms with Crippen LogP contribution < -0.4 is 4.74 Å². The number of allylic oxidation sites excluding steroid dienone is 2. The molecule has 3 aromatic carbocycles. The van der Waals surface area contributed by atoms with Crippen LogP contribution in [0.3, 0.4) is 0 Å². The topological polar surface area (TPSA) is 52.6 Å². The molecule has 4 heteroatoms. The van der Waals surface area contributed by atoms with Crippen molar-refractivity contribution >= 4 is 17.5 Å². The van der Waals surface area contributed by atoms with E-state index in [-0.39, 0.29) is 11.9 Å². The number of hydrogen-bond donors (Lipinski definition) is 0. The first-order valence-corrected chi connectivity index (χ1v) is 10.5. The minimum Gasteiger partial charge on any atom is -0.450 e. The number of esters is 2. The van der Waals surface area contributed by atoms with Gasteiger partial charge in [0, 0.05) is 20.3 Å². The fourth-order valence-corrected chi connectivity index (χ4v) is 3.90. The fraction of sp³-hybridized carbons (Fsp3) is 0.143. The zero-order chi connectivity index (χ0) is 22.6. The lowest BCUT2D eigenvalue weighted by atomic mass is 9.83. The van der Waals surface area contributed by atoms with E-state index in [9.17, 15) is 9.59 Å². The third kappa shape index (κ3) is 4.70. The van der Waals surface area contributed by atoms with Gasteiger partial charge in [-0.25, -0.2) is 0 Å². The molecule has 1 atom stereocenters. The molecule has 0 radical (unpaired) electrons. The third-order valence-corrected chi connectivity index (χ3v) is 5.41. The monoisotopic (exact) mass is 424 g/mol. The molecule has 0 saturated carbocycles. The summed E-state index contributed by atoms with van der Waals surface area (Å²) in [7, 11) is 0. The smallest absolute Gasteiger partial charge is 0.308 e. The Balaban J connectivity index is 1.53. The maximum Gasteiger partial charge on any atom is 0.308 e. The van der Waals surface area contributed by atoms with Crippen molar-refractivity contribution in [3.63, 3.8) is 0 Å². The molecule has 32 heavy (non-hydrogen) atoms. The predicted molar refractivity (Wildman–Crippen MR) is 125 cm³/mol.